The van der Waals surface area contributed by atoms with Crippen LogP contribution in [0, 0.1) is 17.7 Å². The highest BCUT2D eigenvalue weighted by atomic mass is 19.1. The zero-order valence-corrected chi connectivity index (χ0v) is 16.1. The second-order valence-electron chi connectivity index (χ2n) is 8.21. The van der Waals surface area contributed by atoms with Gasteiger partial charge in [0.05, 0.1) is 0 Å². The SMILES string of the molecule is CC(C)C[C@H]1C(=O)N[C@@H](c2ccccc2)N1C(=O)[C@H]1C[C@@H]1c1ccc(F)cc1. The van der Waals surface area contributed by atoms with Crippen LogP contribution in [-0.2, 0) is 9.59 Å². The third kappa shape index (κ3) is 3.53. The number of amides is 2. The van der Waals surface area contributed by atoms with Crippen LogP contribution in [0.1, 0.15) is 49.9 Å². The highest BCUT2D eigenvalue weighted by molar-refractivity contribution is 5.93. The molecule has 0 spiro atoms. The molecule has 1 saturated heterocycles. The first-order valence-corrected chi connectivity index (χ1v) is 9.88. The first kappa shape index (κ1) is 18.7. The number of hydrogen-bond donors (Lipinski definition) is 1. The topological polar surface area (TPSA) is 49.4 Å². The van der Waals surface area contributed by atoms with Crippen LogP contribution in [0.4, 0.5) is 4.39 Å². The van der Waals surface area contributed by atoms with Gasteiger partial charge in [-0.3, -0.25) is 9.59 Å². The lowest BCUT2D eigenvalue weighted by molar-refractivity contribution is -0.138. The molecule has 0 bridgehead atoms. The van der Waals surface area contributed by atoms with E-state index in [2.05, 4.69) is 19.2 Å². The summed E-state index contributed by atoms with van der Waals surface area (Å²) in [6, 6.07) is 15.5. The Morgan fingerprint density at radius 3 is 2.43 bits per heavy atom. The number of rotatable bonds is 5. The van der Waals surface area contributed by atoms with E-state index in [1.165, 1.54) is 12.1 Å². The first-order chi connectivity index (χ1) is 13.5. The predicted octanol–water partition coefficient (Wildman–Crippen LogP) is 4.00. The summed E-state index contributed by atoms with van der Waals surface area (Å²) in [6.07, 6.45) is 0.944. The van der Waals surface area contributed by atoms with Crippen molar-refractivity contribution in [1.82, 2.24) is 10.2 Å². The zero-order chi connectivity index (χ0) is 19.8. The molecule has 146 valence electrons. The summed E-state index contributed by atoms with van der Waals surface area (Å²) in [4.78, 5) is 27.9. The molecule has 1 aliphatic carbocycles. The molecule has 2 aromatic carbocycles. The molecule has 1 aliphatic heterocycles. The number of halogens is 1. The number of nitrogens with zero attached hydrogens (tertiary/aromatic N) is 1. The summed E-state index contributed by atoms with van der Waals surface area (Å²) in [5.74, 6) is -0.114. The van der Waals surface area contributed by atoms with E-state index in [1.54, 1.807) is 17.0 Å². The minimum absolute atomic E-state index is 0.00665. The fourth-order valence-electron chi connectivity index (χ4n) is 4.17. The molecule has 1 heterocycles. The average Bonchev–Trinajstić information content (AvgIpc) is 3.42. The van der Waals surface area contributed by atoms with Crippen LogP contribution in [0.15, 0.2) is 54.6 Å². The van der Waals surface area contributed by atoms with Crippen LogP contribution in [0.5, 0.6) is 0 Å². The first-order valence-electron chi connectivity index (χ1n) is 9.88. The Bertz CT molecular complexity index is 866. The summed E-state index contributed by atoms with van der Waals surface area (Å²) in [5, 5.41) is 3.02. The van der Waals surface area contributed by atoms with E-state index in [0.29, 0.717) is 12.3 Å². The van der Waals surface area contributed by atoms with Crippen molar-refractivity contribution in [3.63, 3.8) is 0 Å². The summed E-state index contributed by atoms with van der Waals surface area (Å²) in [6.45, 7) is 4.12. The minimum atomic E-state index is -0.452. The molecule has 4 rings (SSSR count). The zero-order valence-electron chi connectivity index (χ0n) is 16.1. The van der Waals surface area contributed by atoms with Gasteiger partial charge in [0.15, 0.2) is 0 Å². The van der Waals surface area contributed by atoms with Gasteiger partial charge in [-0.25, -0.2) is 4.39 Å². The van der Waals surface area contributed by atoms with Gasteiger partial charge < -0.3 is 10.2 Å². The third-order valence-corrected chi connectivity index (χ3v) is 5.67. The molecule has 28 heavy (non-hydrogen) atoms. The maximum Gasteiger partial charge on any atom is 0.244 e. The maximum atomic E-state index is 13.4. The summed E-state index contributed by atoms with van der Waals surface area (Å²) in [5.41, 5.74) is 1.89. The Morgan fingerprint density at radius 1 is 1.11 bits per heavy atom. The normalized spacial score (nSPS) is 26.4. The summed E-state index contributed by atoms with van der Waals surface area (Å²) < 4.78 is 13.2. The van der Waals surface area contributed by atoms with E-state index in [0.717, 1.165) is 17.5 Å². The smallest absolute Gasteiger partial charge is 0.244 e. The van der Waals surface area contributed by atoms with E-state index in [1.807, 2.05) is 30.3 Å². The number of carbonyl (C=O) groups excluding carboxylic acids is 2. The van der Waals surface area contributed by atoms with Crippen LogP contribution in [0.25, 0.3) is 0 Å². The van der Waals surface area contributed by atoms with Crippen LogP contribution in [-0.4, -0.2) is 22.8 Å². The van der Waals surface area contributed by atoms with Gasteiger partial charge in [-0.1, -0.05) is 56.3 Å². The van der Waals surface area contributed by atoms with Gasteiger partial charge in [-0.05, 0) is 47.9 Å². The van der Waals surface area contributed by atoms with E-state index in [9.17, 15) is 14.0 Å². The van der Waals surface area contributed by atoms with Crippen molar-refractivity contribution >= 4 is 11.8 Å². The van der Waals surface area contributed by atoms with Gasteiger partial charge in [-0.15, -0.1) is 0 Å². The maximum absolute atomic E-state index is 13.4. The average molecular weight is 380 g/mol. The van der Waals surface area contributed by atoms with Gasteiger partial charge in [-0.2, -0.15) is 0 Å². The third-order valence-electron chi connectivity index (χ3n) is 5.67. The molecular formula is C23H25FN2O2. The monoisotopic (exact) mass is 380 g/mol. The Balaban J connectivity index is 1.60. The molecule has 0 unspecified atom stereocenters. The fourth-order valence-corrected chi connectivity index (χ4v) is 4.17. The van der Waals surface area contributed by atoms with Crippen molar-refractivity contribution in [2.24, 2.45) is 11.8 Å². The van der Waals surface area contributed by atoms with E-state index in [-0.39, 0.29) is 29.5 Å². The number of carbonyl (C=O) groups is 2. The Hall–Kier alpha value is -2.69. The number of nitrogens with one attached hydrogen (secondary N) is 1. The van der Waals surface area contributed by atoms with E-state index in [4.69, 9.17) is 0 Å². The van der Waals surface area contributed by atoms with Crippen molar-refractivity contribution in [3.05, 3.63) is 71.5 Å². The number of benzene rings is 2. The van der Waals surface area contributed by atoms with Gasteiger partial charge in [0.1, 0.15) is 18.0 Å². The van der Waals surface area contributed by atoms with Crippen LogP contribution < -0.4 is 5.32 Å². The molecule has 4 nitrogen and oxygen atoms in total. The molecule has 4 atom stereocenters. The standard InChI is InChI=1S/C23H25FN2O2/c1-14(2)12-20-22(27)25-21(16-6-4-3-5-7-16)26(20)23(28)19-13-18(19)15-8-10-17(24)11-9-15/h3-11,14,18-21H,12-13H2,1-2H3,(H,25,27)/t18-,19+,20+,21-/m1/s1. The van der Waals surface area contributed by atoms with Crippen molar-refractivity contribution in [1.29, 1.82) is 0 Å². The van der Waals surface area contributed by atoms with E-state index < -0.39 is 12.2 Å². The predicted molar refractivity (Wildman–Crippen MR) is 105 cm³/mol. The fraction of sp³-hybridized carbons (Fsp3) is 0.391. The molecule has 5 heteroatoms. The molecule has 2 fully saturated rings. The second kappa shape index (κ2) is 7.38. The molecule has 2 amide bonds. The van der Waals surface area contributed by atoms with Gasteiger partial charge >= 0.3 is 0 Å². The lowest BCUT2D eigenvalue weighted by Gasteiger charge is -2.29. The number of hydrogen-bond acceptors (Lipinski definition) is 2. The van der Waals surface area contributed by atoms with Gasteiger partial charge in [0, 0.05) is 5.92 Å². The van der Waals surface area contributed by atoms with Crippen LogP contribution in [0.3, 0.4) is 0 Å². The Labute approximate surface area is 164 Å². The molecule has 2 aromatic rings. The quantitative estimate of drug-likeness (QED) is 0.852. The highest BCUT2D eigenvalue weighted by Crippen LogP contribution is 2.50. The van der Waals surface area contributed by atoms with Crippen molar-refractivity contribution in [2.75, 3.05) is 0 Å². The molecular weight excluding hydrogens is 355 g/mol. The van der Waals surface area contributed by atoms with Gasteiger partial charge in [0.2, 0.25) is 11.8 Å². The lowest BCUT2D eigenvalue weighted by atomic mass is 10.0. The van der Waals surface area contributed by atoms with E-state index >= 15 is 0 Å². The van der Waals surface area contributed by atoms with Crippen LogP contribution in [0.2, 0.25) is 0 Å². The summed E-state index contributed by atoms with van der Waals surface area (Å²) >= 11 is 0. The molecule has 1 saturated carbocycles. The molecule has 0 aromatic heterocycles. The second-order valence-corrected chi connectivity index (χ2v) is 8.21. The van der Waals surface area contributed by atoms with Gasteiger partial charge in [0.25, 0.3) is 0 Å². The Morgan fingerprint density at radius 2 is 1.79 bits per heavy atom. The minimum Gasteiger partial charge on any atom is -0.330 e. The van der Waals surface area contributed by atoms with Crippen LogP contribution >= 0.6 is 0 Å². The Kier molecular flexibility index (Phi) is 4.92. The molecule has 1 N–H and O–H groups in total. The van der Waals surface area contributed by atoms with Crippen molar-refractivity contribution < 1.29 is 14.0 Å². The largest absolute Gasteiger partial charge is 0.330 e. The summed E-state index contributed by atoms with van der Waals surface area (Å²) in [7, 11) is 0. The van der Waals surface area contributed by atoms with Crippen molar-refractivity contribution in [2.45, 2.75) is 44.8 Å². The lowest BCUT2D eigenvalue weighted by Crippen LogP contribution is -2.41. The molecule has 0 radical (unpaired) electrons. The highest BCUT2D eigenvalue weighted by Gasteiger charge is 2.52. The molecule has 2 aliphatic rings. The van der Waals surface area contributed by atoms with Crippen molar-refractivity contribution in [3.8, 4) is 0 Å².